The zero-order chi connectivity index (χ0) is 21.5. The summed E-state index contributed by atoms with van der Waals surface area (Å²) in [6, 6.07) is 3.80. The Morgan fingerprint density at radius 2 is 2.00 bits per heavy atom. The minimum absolute atomic E-state index is 0.141. The lowest BCUT2D eigenvalue weighted by Crippen LogP contribution is -2.42. The molecule has 1 saturated heterocycles. The topological polar surface area (TPSA) is 66.9 Å². The number of nitrogens with zero attached hydrogens (tertiary/aromatic N) is 2. The summed E-state index contributed by atoms with van der Waals surface area (Å²) < 4.78 is 4.83. The Balaban J connectivity index is 1.94. The van der Waals surface area contributed by atoms with Crippen LogP contribution in [0.3, 0.4) is 0 Å². The predicted molar refractivity (Wildman–Crippen MR) is 117 cm³/mol. The van der Waals surface area contributed by atoms with E-state index in [1.807, 2.05) is 26.1 Å². The number of anilines is 1. The van der Waals surface area contributed by atoms with Gasteiger partial charge in [-0.15, -0.1) is 0 Å². The molecule has 1 aromatic carbocycles. The molecule has 8 heteroatoms. The summed E-state index contributed by atoms with van der Waals surface area (Å²) in [7, 11) is 2.01. The standard InChI is InChI=1S/C21H23ClN2O4S/c1-6-28-18(25)11-24-19(26)17(29-20(24)27)8-13-7-14-12(2)10-21(3,4)23(5)16(14)9-15(13)22/h7-10H,6,11H2,1-5H3/b17-8+. The van der Waals surface area contributed by atoms with Crippen LogP contribution in [0.4, 0.5) is 10.5 Å². The van der Waals surface area contributed by atoms with E-state index < -0.39 is 23.7 Å². The third-order valence-corrected chi connectivity index (χ3v) is 6.32. The van der Waals surface area contributed by atoms with E-state index in [0.29, 0.717) is 10.6 Å². The van der Waals surface area contributed by atoms with Gasteiger partial charge in [0.25, 0.3) is 11.1 Å². The third-order valence-electron chi connectivity index (χ3n) is 5.09. The zero-order valence-corrected chi connectivity index (χ0v) is 18.6. The van der Waals surface area contributed by atoms with Crippen molar-refractivity contribution in [3.8, 4) is 0 Å². The monoisotopic (exact) mass is 434 g/mol. The van der Waals surface area contributed by atoms with Gasteiger partial charge in [-0.1, -0.05) is 17.7 Å². The number of rotatable bonds is 4. The quantitative estimate of drug-likeness (QED) is 0.510. The number of amides is 2. The van der Waals surface area contributed by atoms with E-state index in [1.165, 1.54) is 0 Å². The number of carbonyl (C=O) groups excluding carboxylic acids is 3. The highest BCUT2D eigenvalue weighted by Gasteiger charge is 2.37. The molecule has 1 fully saturated rings. The summed E-state index contributed by atoms with van der Waals surface area (Å²) in [6.45, 7) is 7.75. The second-order valence-corrected chi connectivity index (χ2v) is 8.90. The first-order valence-electron chi connectivity index (χ1n) is 9.23. The Kier molecular flexibility index (Phi) is 5.83. The Hall–Kier alpha value is -2.25. The summed E-state index contributed by atoms with van der Waals surface area (Å²) in [5.41, 5.74) is 3.65. The molecule has 0 N–H and O–H groups in total. The van der Waals surface area contributed by atoms with Crippen molar-refractivity contribution in [3.63, 3.8) is 0 Å². The molecule has 0 radical (unpaired) electrons. The van der Waals surface area contributed by atoms with E-state index in [4.69, 9.17) is 16.3 Å². The minimum Gasteiger partial charge on any atom is -0.465 e. The van der Waals surface area contributed by atoms with Gasteiger partial charge in [0.15, 0.2) is 0 Å². The van der Waals surface area contributed by atoms with Crippen molar-refractivity contribution < 1.29 is 19.1 Å². The number of hydrogen-bond donors (Lipinski definition) is 0. The lowest BCUT2D eigenvalue weighted by atomic mass is 9.88. The summed E-state index contributed by atoms with van der Waals surface area (Å²) >= 11 is 7.30. The summed E-state index contributed by atoms with van der Waals surface area (Å²) in [4.78, 5) is 39.7. The van der Waals surface area contributed by atoms with E-state index in [0.717, 1.165) is 33.5 Å². The summed E-state index contributed by atoms with van der Waals surface area (Å²) in [5.74, 6) is -1.14. The number of benzene rings is 1. The molecular formula is C21H23ClN2O4S. The Morgan fingerprint density at radius 1 is 1.31 bits per heavy atom. The molecule has 0 aliphatic carbocycles. The van der Waals surface area contributed by atoms with Gasteiger partial charge in [0, 0.05) is 23.3 Å². The number of likely N-dealkylation sites (N-methyl/N-ethyl adjacent to an activating group) is 1. The molecule has 0 atom stereocenters. The maximum atomic E-state index is 12.6. The molecule has 0 saturated carbocycles. The van der Waals surface area contributed by atoms with Gasteiger partial charge in [-0.3, -0.25) is 19.3 Å². The van der Waals surface area contributed by atoms with Crippen LogP contribution in [0.1, 0.15) is 38.8 Å². The maximum absolute atomic E-state index is 12.6. The molecule has 0 unspecified atom stereocenters. The normalized spacial score (nSPS) is 19.5. The van der Waals surface area contributed by atoms with Gasteiger partial charge in [-0.2, -0.15) is 0 Å². The van der Waals surface area contributed by atoms with Crippen LogP contribution in [-0.2, 0) is 14.3 Å². The van der Waals surface area contributed by atoms with Crippen molar-refractivity contribution in [1.29, 1.82) is 0 Å². The van der Waals surface area contributed by atoms with E-state index in [-0.39, 0.29) is 17.1 Å². The molecule has 6 nitrogen and oxygen atoms in total. The van der Waals surface area contributed by atoms with Crippen molar-refractivity contribution >= 4 is 57.8 Å². The van der Waals surface area contributed by atoms with Crippen molar-refractivity contribution in [3.05, 3.63) is 39.3 Å². The highest BCUT2D eigenvalue weighted by Crippen LogP contribution is 2.42. The Morgan fingerprint density at radius 3 is 2.66 bits per heavy atom. The van der Waals surface area contributed by atoms with Crippen LogP contribution >= 0.6 is 23.4 Å². The van der Waals surface area contributed by atoms with Crippen LogP contribution in [0, 0.1) is 0 Å². The van der Waals surface area contributed by atoms with Crippen LogP contribution in [0.5, 0.6) is 0 Å². The van der Waals surface area contributed by atoms with Gasteiger partial charge < -0.3 is 9.64 Å². The van der Waals surface area contributed by atoms with Gasteiger partial charge in [0.05, 0.1) is 17.1 Å². The zero-order valence-electron chi connectivity index (χ0n) is 17.0. The number of esters is 1. The van der Waals surface area contributed by atoms with Gasteiger partial charge in [0.2, 0.25) is 0 Å². The van der Waals surface area contributed by atoms with Gasteiger partial charge in [0.1, 0.15) is 6.54 Å². The lowest BCUT2D eigenvalue weighted by Gasteiger charge is -2.40. The fraction of sp³-hybridized carbons (Fsp3) is 0.381. The fourth-order valence-corrected chi connectivity index (χ4v) is 4.45. The van der Waals surface area contributed by atoms with Gasteiger partial charge in [-0.25, -0.2) is 0 Å². The molecule has 2 aliphatic rings. The number of ether oxygens (including phenoxy) is 1. The second-order valence-electron chi connectivity index (χ2n) is 7.50. The van der Waals surface area contributed by atoms with Crippen molar-refractivity contribution in [2.75, 3.05) is 25.1 Å². The summed E-state index contributed by atoms with van der Waals surface area (Å²) in [5, 5.41) is -0.0146. The molecule has 2 heterocycles. The molecule has 0 bridgehead atoms. The predicted octanol–water partition coefficient (Wildman–Crippen LogP) is 4.57. The average molecular weight is 435 g/mol. The van der Waals surface area contributed by atoms with Crippen LogP contribution < -0.4 is 4.90 Å². The van der Waals surface area contributed by atoms with Crippen molar-refractivity contribution in [2.24, 2.45) is 0 Å². The number of fused-ring (bicyclic) bond motifs is 1. The number of hydrogen-bond acceptors (Lipinski definition) is 6. The van der Waals surface area contributed by atoms with E-state index >= 15 is 0 Å². The van der Waals surface area contributed by atoms with Crippen LogP contribution in [0.2, 0.25) is 5.02 Å². The molecule has 0 aromatic heterocycles. The number of allylic oxidation sites excluding steroid dienone is 1. The number of imide groups is 1. The fourth-order valence-electron chi connectivity index (χ4n) is 3.41. The Labute approximate surface area is 179 Å². The van der Waals surface area contributed by atoms with Crippen LogP contribution in [0.25, 0.3) is 11.6 Å². The van der Waals surface area contributed by atoms with Crippen LogP contribution in [0.15, 0.2) is 23.1 Å². The van der Waals surface area contributed by atoms with Crippen molar-refractivity contribution in [2.45, 2.75) is 33.2 Å². The summed E-state index contributed by atoms with van der Waals surface area (Å²) in [6.07, 6.45) is 3.78. The Bertz CT molecular complexity index is 968. The minimum atomic E-state index is -0.616. The van der Waals surface area contributed by atoms with Crippen LogP contribution in [-0.4, -0.2) is 47.8 Å². The number of halogens is 1. The molecule has 1 aromatic rings. The highest BCUT2D eigenvalue weighted by molar-refractivity contribution is 8.18. The van der Waals surface area contributed by atoms with Gasteiger partial charge in [-0.05, 0) is 68.8 Å². The first-order chi connectivity index (χ1) is 13.5. The van der Waals surface area contributed by atoms with E-state index in [1.54, 1.807) is 13.0 Å². The first-order valence-corrected chi connectivity index (χ1v) is 10.4. The smallest absolute Gasteiger partial charge is 0.326 e. The molecule has 29 heavy (non-hydrogen) atoms. The number of carbonyl (C=O) groups is 3. The maximum Gasteiger partial charge on any atom is 0.326 e. The van der Waals surface area contributed by atoms with E-state index in [9.17, 15) is 14.4 Å². The molecular weight excluding hydrogens is 412 g/mol. The first kappa shape index (κ1) is 21.5. The molecule has 3 rings (SSSR count). The SMILES string of the molecule is CCOC(=O)CN1C(=O)S/C(=C/c2cc3c(cc2Cl)N(C)C(C)(C)C=C3C)C1=O. The number of thioether (sulfide) groups is 1. The second kappa shape index (κ2) is 7.88. The van der Waals surface area contributed by atoms with Gasteiger partial charge >= 0.3 is 5.97 Å². The van der Waals surface area contributed by atoms with E-state index in [2.05, 4.69) is 24.8 Å². The molecule has 2 aliphatic heterocycles. The van der Waals surface area contributed by atoms with Crippen molar-refractivity contribution in [1.82, 2.24) is 4.90 Å². The molecule has 2 amide bonds. The lowest BCUT2D eigenvalue weighted by molar-refractivity contribution is -0.145. The largest absolute Gasteiger partial charge is 0.465 e. The molecule has 0 spiro atoms. The highest BCUT2D eigenvalue weighted by atomic mass is 35.5. The molecule has 154 valence electrons. The third kappa shape index (κ3) is 4.07. The average Bonchev–Trinajstić information content (AvgIpc) is 2.88.